The van der Waals surface area contributed by atoms with Crippen molar-refractivity contribution < 1.29 is 9.53 Å². The second-order valence-electron chi connectivity index (χ2n) is 6.80. The summed E-state index contributed by atoms with van der Waals surface area (Å²) in [6, 6.07) is 3.87. The number of amides is 1. The van der Waals surface area contributed by atoms with Gasteiger partial charge >= 0.3 is 0 Å². The van der Waals surface area contributed by atoms with Crippen molar-refractivity contribution in [2.45, 2.75) is 26.7 Å². The SMILES string of the molecule is COc1ccc(N2CCN(C(=O)C(C)c3c(C)nn(C)c3C)CC2)nc1. The number of aryl methyl sites for hydroxylation is 2. The van der Waals surface area contributed by atoms with Crippen molar-refractivity contribution in [1.29, 1.82) is 0 Å². The van der Waals surface area contributed by atoms with Crippen molar-refractivity contribution >= 4 is 11.7 Å². The highest BCUT2D eigenvalue weighted by molar-refractivity contribution is 5.84. The van der Waals surface area contributed by atoms with E-state index in [2.05, 4.69) is 15.0 Å². The van der Waals surface area contributed by atoms with Gasteiger partial charge in [0.2, 0.25) is 5.91 Å². The third-order valence-electron chi connectivity index (χ3n) is 5.24. The minimum Gasteiger partial charge on any atom is -0.495 e. The molecule has 0 aromatic carbocycles. The summed E-state index contributed by atoms with van der Waals surface area (Å²) >= 11 is 0. The molecule has 3 heterocycles. The number of rotatable bonds is 4. The van der Waals surface area contributed by atoms with Crippen molar-refractivity contribution in [2.24, 2.45) is 7.05 Å². The zero-order chi connectivity index (χ0) is 18.8. The summed E-state index contributed by atoms with van der Waals surface area (Å²) in [5.74, 6) is 1.67. The van der Waals surface area contributed by atoms with Gasteiger partial charge in [-0.3, -0.25) is 9.48 Å². The van der Waals surface area contributed by atoms with E-state index in [0.717, 1.165) is 41.6 Å². The van der Waals surface area contributed by atoms with E-state index in [1.54, 1.807) is 13.3 Å². The molecule has 1 amide bonds. The number of piperazine rings is 1. The van der Waals surface area contributed by atoms with Gasteiger partial charge in [-0.1, -0.05) is 0 Å². The van der Waals surface area contributed by atoms with Crippen LogP contribution in [0.4, 0.5) is 5.82 Å². The lowest BCUT2D eigenvalue weighted by Crippen LogP contribution is -2.50. The van der Waals surface area contributed by atoms with Gasteiger partial charge in [-0.05, 0) is 32.9 Å². The van der Waals surface area contributed by atoms with Crippen LogP contribution in [0.15, 0.2) is 18.3 Å². The third-order valence-corrected chi connectivity index (χ3v) is 5.24. The van der Waals surface area contributed by atoms with Gasteiger partial charge in [-0.2, -0.15) is 5.10 Å². The Hall–Kier alpha value is -2.57. The van der Waals surface area contributed by atoms with E-state index in [0.29, 0.717) is 13.1 Å². The molecule has 0 radical (unpaired) electrons. The van der Waals surface area contributed by atoms with Crippen LogP contribution < -0.4 is 9.64 Å². The van der Waals surface area contributed by atoms with E-state index in [1.165, 1.54) is 0 Å². The van der Waals surface area contributed by atoms with Crippen molar-refractivity contribution in [3.63, 3.8) is 0 Å². The topological polar surface area (TPSA) is 63.5 Å². The first-order chi connectivity index (χ1) is 12.4. The molecule has 1 saturated heterocycles. The van der Waals surface area contributed by atoms with Crippen LogP contribution in [0.5, 0.6) is 5.75 Å². The first-order valence-electron chi connectivity index (χ1n) is 8.96. The summed E-state index contributed by atoms with van der Waals surface area (Å²) in [7, 11) is 3.55. The fourth-order valence-electron chi connectivity index (χ4n) is 3.65. The van der Waals surface area contributed by atoms with Gasteiger partial charge in [-0.25, -0.2) is 4.98 Å². The molecule has 0 aliphatic carbocycles. The molecule has 1 aliphatic rings. The molecular formula is C19H27N5O2. The molecule has 3 rings (SSSR count). The summed E-state index contributed by atoms with van der Waals surface area (Å²) in [6.07, 6.45) is 1.73. The van der Waals surface area contributed by atoms with Gasteiger partial charge in [0, 0.05) is 44.5 Å². The maximum atomic E-state index is 13.0. The van der Waals surface area contributed by atoms with Gasteiger partial charge in [0.15, 0.2) is 0 Å². The van der Waals surface area contributed by atoms with Crippen LogP contribution in [-0.2, 0) is 11.8 Å². The van der Waals surface area contributed by atoms with Crippen LogP contribution in [0.1, 0.15) is 29.8 Å². The number of anilines is 1. The largest absolute Gasteiger partial charge is 0.495 e. The Labute approximate surface area is 154 Å². The molecule has 2 aromatic heterocycles. The van der Waals surface area contributed by atoms with Crippen LogP contribution in [0.3, 0.4) is 0 Å². The number of carbonyl (C=O) groups is 1. The molecule has 7 heteroatoms. The molecule has 0 bridgehead atoms. The Morgan fingerprint density at radius 1 is 1.19 bits per heavy atom. The summed E-state index contributed by atoms with van der Waals surface area (Å²) in [4.78, 5) is 21.6. The van der Waals surface area contributed by atoms with E-state index >= 15 is 0 Å². The standard InChI is InChI=1S/C19H27N5O2/c1-13(18-14(2)21-22(4)15(18)3)19(25)24-10-8-23(9-11-24)17-7-6-16(26-5)12-20-17/h6-7,12-13H,8-11H2,1-5H3. The third kappa shape index (κ3) is 3.38. The van der Waals surface area contributed by atoms with Gasteiger partial charge < -0.3 is 14.5 Å². The van der Waals surface area contributed by atoms with E-state index in [1.807, 2.05) is 49.5 Å². The van der Waals surface area contributed by atoms with E-state index < -0.39 is 0 Å². The summed E-state index contributed by atoms with van der Waals surface area (Å²) in [6.45, 7) is 8.94. The number of aromatic nitrogens is 3. The fourth-order valence-corrected chi connectivity index (χ4v) is 3.65. The van der Waals surface area contributed by atoms with E-state index in [9.17, 15) is 4.79 Å². The number of nitrogens with zero attached hydrogens (tertiary/aromatic N) is 5. The molecular weight excluding hydrogens is 330 g/mol. The molecule has 26 heavy (non-hydrogen) atoms. The van der Waals surface area contributed by atoms with Crippen molar-refractivity contribution in [1.82, 2.24) is 19.7 Å². The minimum absolute atomic E-state index is 0.172. The quantitative estimate of drug-likeness (QED) is 0.836. The zero-order valence-corrected chi connectivity index (χ0v) is 16.2. The van der Waals surface area contributed by atoms with Gasteiger partial charge in [0.25, 0.3) is 0 Å². The average molecular weight is 357 g/mol. The second-order valence-corrected chi connectivity index (χ2v) is 6.80. The molecule has 1 unspecified atom stereocenters. The maximum absolute atomic E-state index is 13.0. The Balaban J connectivity index is 1.64. The number of ether oxygens (including phenoxy) is 1. The van der Waals surface area contributed by atoms with Gasteiger partial charge in [0.05, 0.1) is 24.9 Å². The zero-order valence-electron chi connectivity index (χ0n) is 16.2. The van der Waals surface area contributed by atoms with Crippen molar-refractivity contribution in [3.8, 4) is 5.75 Å². The Morgan fingerprint density at radius 2 is 1.88 bits per heavy atom. The minimum atomic E-state index is -0.172. The van der Waals surface area contributed by atoms with Crippen LogP contribution in [0.2, 0.25) is 0 Å². The molecule has 0 N–H and O–H groups in total. The highest BCUT2D eigenvalue weighted by atomic mass is 16.5. The van der Waals surface area contributed by atoms with Crippen molar-refractivity contribution in [3.05, 3.63) is 35.3 Å². The summed E-state index contributed by atoms with van der Waals surface area (Å²) in [5, 5.41) is 4.44. The van der Waals surface area contributed by atoms with Gasteiger partial charge in [0.1, 0.15) is 11.6 Å². The normalized spacial score (nSPS) is 15.9. The number of methoxy groups -OCH3 is 1. The number of hydrogen-bond donors (Lipinski definition) is 0. The predicted molar refractivity (Wildman–Crippen MR) is 101 cm³/mol. The molecule has 1 atom stereocenters. The van der Waals surface area contributed by atoms with Crippen LogP contribution in [0, 0.1) is 13.8 Å². The molecule has 2 aromatic rings. The fraction of sp³-hybridized carbons (Fsp3) is 0.526. The lowest BCUT2D eigenvalue weighted by atomic mass is 9.97. The van der Waals surface area contributed by atoms with Gasteiger partial charge in [-0.15, -0.1) is 0 Å². The molecule has 0 spiro atoms. The Morgan fingerprint density at radius 3 is 2.38 bits per heavy atom. The Bertz CT molecular complexity index is 776. The average Bonchev–Trinajstić information content (AvgIpc) is 2.92. The van der Waals surface area contributed by atoms with Crippen LogP contribution >= 0.6 is 0 Å². The smallest absolute Gasteiger partial charge is 0.230 e. The highest BCUT2D eigenvalue weighted by Gasteiger charge is 2.29. The number of pyridine rings is 1. The lowest BCUT2D eigenvalue weighted by molar-refractivity contribution is -0.132. The molecule has 1 aliphatic heterocycles. The molecule has 1 fully saturated rings. The van der Waals surface area contributed by atoms with Crippen LogP contribution in [0.25, 0.3) is 0 Å². The molecule has 140 valence electrons. The molecule has 7 nitrogen and oxygen atoms in total. The number of carbonyl (C=O) groups excluding carboxylic acids is 1. The first kappa shape index (κ1) is 18.2. The number of hydrogen-bond acceptors (Lipinski definition) is 5. The first-order valence-corrected chi connectivity index (χ1v) is 8.96. The summed E-state index contributed by atoms with van der Waals surface area (Å²) in [5.41, 5.74) is 3.05. The molecule has 0 saturated carbocycles. The van der Waals surface area contributed by atoms with Crippen LogP contribution in [-0.4, -0.2) is 58.9 Å². The Kier molecular flexibility index (Phi) is 5.15. The highest BCUT2D eigenvalue weighted by Crippen LogP contribution is 2.26. The summed E-state index contributed by atoms with van der Waals surface area (Å²) < 4.78 is 7.00. The van der Waals surface area contributed by atoms with E-state index in [4.69, 9.17) is 4.74 Å². The van der Waals surface area contributed by atoms with Crippen molar-refractivity contribution in [2.75, 3.05) is 38.2 Å². The predicted octanol–water partition coefficient (Wildman–Crippen LogP) is 1.89. The second kappa shape index (κ2) is 7.35. The maximum Gasteiger partial charge on any atom is 0.230 e. The monoisotopic (exact) mass is 357 g/mol. The van der Waals surface area contributed by atoms with E-state index in [-0.39, 0.29) is 11.8 Å². The lowest BCUT2D eigenvalue weighted by Gasteiger charge is -2.36.